The summed E-state index contributed by atoms with van der Waals surface area (Å²) in [5.74, 6) is -1.00. The molecule has 2 aliphatic heterocycles. The van der Waals surface area contributed by atoms with E-state index in [1.54, 1.807) is 23.6 Å². The van der Waals surface area contributed by atoms with Gasteiger partial charge in [0.05, 0.1) is 17.8 Å². The smallest absolute Gasteiger partial charge is 0.340 e. The number of carbonyl (C=O) groups excluding carboxylic acids is 4. The molecular weight excluding hydrogens is 455 g/mol. The van der Waals surface area contributed by atoms with Gasteiger partial charge in [-0.2, -0.15) is 13.2 Å². The Morgan fingerprint density at radius 3 is 2.32 bits per heavy atom. The largest absolute Gasteiger partial charge is 0.418 e. The van der Waals surface area contributed by atoms with Gasteiger partial charge in [-0.15, -0.1) is 0 Å². The number of carbonyl (C=O) groups is 4. The average molecular weight is 483 g/mol. The first kappa shape index (κ1) is 25.5. The summed E-state index contributed by atoms with van der Waals surface area (Å²) in [6.07, 6.45) is -4.06. The first-order valence-corrected chi connectivity index (χ1v) is 11.0. The Hall–Kier alpha value is -3.15. The van der Waals surface area contributed by atoms with Crippen molar-refractivity contribution in [1.82, 2.24) is 20.0 Å². The fourth-order valence-corrected chi connectivity index (χ4v) is 3.96. The number of para-hydroxylation sites is 1. The van der Waals surface area contributed by atoms with Crippen LogP contribution < -0.4 is 10.6 Å². The summed E-state index contributed by atoms with van der Waals surface area (Å²) >= 11 is 0. The van der Waals surface area contributed by atoms with E-state index >= 15 is 0 Å². The van der Waals surface area contributed by atoms with Crippen molar-refractivity contribution in [2.24, 2.45) is 0 Å². The number of urea groups is 1. The number of anilines is 1. The number of nitrogens with one attached hydrogen (secondary N) is 2. The minimum absolute atomic E-state index is 0.0871. The lowest BCUT2D eigenvalue weighted by atomic mass is 10.1. The van der Waals surface area contributed by atoms with E-state index in [0.717, 1.165) is 11.0 Å². The molecule has 34 heavy (non-hydrogen) atoms. The Bertz CT molecular complexity index is 958. The normalized spacial score (nSPS) is 18.7. The molecule has 0 unspecified atom stereocenters. The molecule has 0 atom stereocenters. The molecule has 12 heteroatoms. The highest BCUT2D eigenvalue weighted by Crippen LogP contribution is 2.34. The molecule has 0 bridgehead atoms. The van der Waals surface area contributed by atoms with Crippen molar-refractivity contribution in [2.75, 3.05) is 44.6 Å². The minimum atomic E-state index is -4.57. The zero-order valence-electron chi connectivity index (χ0n) is 19.1. The Kier molecular flexibility index (Phi) is 7.49. The van der Waals surface area contributed by atoms with Gasteiger partial charge in [-0.3, -0.25) is 24.2 Å². The van der Waals surface area contributed by atoms with Gasteiger partial charge in [0.1, 0.15) is 5.54 Å². The summed E-state index contributed by atoms with van der Waals surface area (Å²) in [7, 11) is 0. The van der Waals surface area contributed by atoms with Crippen molar-refractivity contribution in [1.29, 1.82) is 0 Å². The van der Waals surface area contributed by atoms with E-state index < -0.39 is 29.2 Å². The molecule has 2 N–H and O–H groups in total. The monoisotopic (exact) mass is 483 g/mol. The Balaban J connectivity index is 1.41. The Labute approximate surface area is 195 Å². The van der Waals surface area contributed by atoms with Crippen LogP contribution in [0.3, 0.4) is 0 Å². The van der Waals surface area contributed by atoms with Crippen LogP contribution >= 0.6 is 0 Å². The van der Waals surface area contributed by atoms with Crippen molar-refractivity contribution >= 4 is 29.4 Å². The average Bonchev–Trinajstić information content (AvgIpc) is 2.95. The van der Waals surface area contributed by atoms with Gasteiger partial charge in [-0.25, -0.2) is 4.79 Å². The van der Waals surface area contributed by atoms with Crippen LogP contribution in [0, 0.1) is 0 Å². The zero-order valence-corrected chi connectivity index (χ0v) is 19.1. The summed E-state index contributed by atoms with van der Waals surface area (Å²) in [5.41, 5.74) is -2.14. The first-order chi connectivity index (χ1) is 15.9. The third-order valence-corrected chi connectivity index (χ3v) is 5.82. The number of piperazine rings is 1. The molecule has 1 aromatic rings. The SMILES string of the molecule is CC1(C)NC(=O)N(CCCC(=O)N2CCN(CC(=O)Nc3ccccc3C(F)(F)F)CC2)C1=O. The van der Waals surface area contributed by atoms with E-state index in [-0.39, 0.29) is 37.0 Å². The number of alkyl halides is 3. The Morgan fingerprint density at radius 2 is 1.74 bits per heavy atom. The lowest BCUT2D eigenvalue weighted by Crippen LogP contribution is -2.50. The number of nitrogens with zero attached hydrogens (tertiary/aromatic N) is 3. The number of hydrogen-bond acceptors (Lipinski definition) is 5. The van der Waals surface area contributed by atoms with E-state index in [1.807, 2.05) is 0 Å². The molecule has 2 heterocycles. The molecule has 0 radical (unpaired) electrons. The van der Waals surface area contributed by atoms with Crippen LogP contribution in [-0.4, -0.2) is 83.3 Å². The molecule has 2 aliphatic rings. The van der Waals surface area contributed by atoms with Gasteiger partial charge in [-0.05, 0) is 32.4 Å². The summed E-state index contributed by atoms with van der Waals surface area (Å²) in [6.45, 7) is 4.86. The highest BCUT2D eigenvalue weighted by molar-refractivity contribution is 6.06. The molecule has 2 fully saturated rings. The van der Waals surface area contributed by atoms with E-state index in [9.17, 15) is 32.3 Å². The van der Waals surface area contributed by atoms with Gasteiger partial charge >= 0.3 is 12.2 Å². The van der Waals surface area contributed by atoms with Crippen molar-refractivity contribution in [3.05, 3.63) is 29.8 Å². The highest BCUT2D eigenvalue weighted by Gasteiger charge is 2.43. The lowest BCUT2D eigenvalue weighted by Gasteiger charge is -2.34. The quantitative estimate of drug-likeness (QED) is 0.577. The maximum absolute atomic E-state index is 13.1. The molecule has 0 aromatic heterocycles. The molecule has 1 aromatic carbocycles. The van der Waals surface area contributed by atoms with Crippen LogP contribution in [0.15, 0.2) is 24.3 Å². The van der Waals surface area contributed by atoms with Gasteiger partial charge < -0.3 is 15.5 Å². The van der Waals surface area contributed by atoms with Crippen molar-refractivity contribution in [2.45, 2.75) is 38.4 Å². The van der Waals surface area contributed by atoms with Crippen LogP contribution in [-0.2, 0) is 20.6 Å². The summed E-state index contributed by atoms with van der Waals surface area (Å²) in [5, 5.41) is 4.91. The standard InChI is InChI=1S/C22H28F3N5O4/c1-21(2)19(33)30(20(34)27-21)9-5-8-18(32)29-12-10-28(11-13-29)14-17(31)26-16-7-4-3-6-15(16)22(23,24)25/h3-4,6-7H,5,8-14H2,1-2H3,(H,26,31)(H,27,34). The van der Waals surface area contributed by atoms with Crippen LogP contribution in [0.1, 0.15) is 32.3 Å². The number of halogens is 3. The number of benzene rings is 1. The third-order valence-electron chi connectivity index (χ3n) is 5.82. The van der Waals surface area contributed by atoms with Crippen LogP contribution in [0.25, 0.3) is 0 Å². The first-order valence-electron chi connectivity index (χ1n) is 11.0. The second kappa shape index (κ2) is 10.00. The van der Waals surface area contributed by atoms with E-state index in [2.05, 4.69) is 10.6 Å². The summed E-state index contributed by atoms with van der Waals surface area (Å²) in [6, 6.07) is 4.33. The number of imide groups is 1. The van der Waals surface area contributed by atoms with Crippen LogP contribution in [0.4, 0.5) is 23.7 Å². The predicted octanol–water partition coefficient (Wildman–Crippen LogP) is 1.90. The van der Waals surface area contributed by atoms with Gasteiger partial charge in [0, 0.05) is 39.1 Å². The molecule has 0 saturated carbocycles. The van der Waals surface area contributed by atoms with E-state index in [0.29, 0.717) is 32.6 Å². The molecule has 5 amide bonds. The third kappa shape index (κ3) is 6.04. The number of amides is 5. The molecular formula is C22H28F3N5O4. The molecule has 0 aliphatic carbocycles. The van der Waals surface area contributed by atoms with Crippen LogP contribution in [0.5, 0.6) is 0 Å². The molecule has 3 rings (SSSR count). The summed E-state index contributed by atoms with van der Waals surface area (Å²) < 4.78 is 39.3. The topological polar surface area (TPSA) is 102 Å². The minimum Gasteiger partial charge on any atom is -0.340 e. The fourth-order valence-electron chi connectivity index (χ4n) is 3.96. The van der Waals surface area contributed by atoms with Crippen molar-refractivity contribution in [3.63, 3.8) is 0 Å². The zero-order chi connectivity index (χ0) is 25.1. The molecule has 0 spiro atoms. The van der Waals surface area contributed by atoms with Gasteiger partial charge in [0.25, 0.3) is 5.91 Å². The van der Waals surface area contributed by atoms with Crippen LogP contribution in [0.2, 0.25) is 0 Å². The number of hydrogen-bond donors (Lipinski definition) is 2. The van der Waals surface area contributed by atoms with Crippen molar-refractivity contribution < 1.29 is 32.3 Å². The lowest BCUT2D eigenvalue weighted by molar-refractivity contribution is -0.137. The van der Waals surface area contributed by atoms with E-state index in [4.69, 9.17) is 0 Å². The fraction of sp³-hybridized carbons (Fsp3) is 0.545. The molecule has 2 saturated heterocycles. The molecule has 9 nitrogen and oxygen atoms in total. The second-order valence-electron chi connectivity index (χ2n) is 8.86. The maximum atomic E-state index is 13.1. The van der Waals surface area contributed by atoms with Crippen molar-refractivity contribution in [3.8, 4) is 0 Å². The number of rotatable bonds is 7. The van der Waals surface area contributed by atoms with E-state index in [1.165, 1.54) is 18.2 Å². The van der Waals surface area contributed by atoms with Gasteiger partial charge in [-0.1, -0.05) is 12.1 Å². The van der Waals surface area contributed by atoms with Gasteiger partial charge in [0.2, 0.25) is 11.8 Å². The second-order valence-corrected chi connectivity index (χ2v) is 8.86. The molecule has 186 valence electrons. The van der Waals surface area contributed by atoms with Gasteiger partial charge in [0.15, 0.2) is 0 Å². The highest BCUT2D eigenvalue weighted by atomic mass is 19.4. The predicted molar refractivity (Wildman–Crippen MR) is 117 cm³/mol. The Morgan fingerprint density at radius 1 is 1.09 bits per heavy atom. The summed E-state index contributed by atoms with van der Waals surface area (Å²) in [4.78, 5) is 53.3. The maximum Gasteiger partial charge on any atom is 0.418 e.